The Morgan fingerprint density at radius 3 is 1.95 bits per heavy atom. The fourth-order valence-electron chi connectivity index (χ4n) is 4.26. The smallest absolute Gasteiger partial charge is 0.345 e. The largest absolute Gasteiger partial charge is 0.423 e. The Labute approximate surface area is 252 Å². The number of nitro groups is 1. The fraction of sp³-hybridized carbons (Fsp3) is 0.0333. The third-order valence-electron chi connectivity index (χ3n) is 6.40. The van der Waals surface area contributed by atoms with Crippen LogP contribution in [-0.4, -0.2) is 51.0 Å². The van der Waals surface area contributed by atoms with Gasteiger partial charge in [0.25, 0.3) is 23.4 Å². The van der Waals surface area contributed by atoms with E-state index in [1.54, 1.807) is 12.1 Å². The Hall–Kier alpha value is -5.39. The predicted octanol–water partition coefficient (Wildman–Crippen LogP) is 5.66. The van der Waals surface area contributed by atoms with Gasteiger partial charge in [0.15, 0.2) is 5.78 Å². The molecule has 0 saturated carbocycles. The van der Waals surface area contributed by atoms with E-state index in [2.05, 4.69) is 0 Å². The number of rotatable bonds is 8. The van der Waals surface area contributed by atoms with Crippen LogP contribution in [0.1, 0.15) is 51.8 Å². The molecule has 4 aromatic rings. The lowest BCUT2D eigenvalue weighted by atomic mass is 10.1. The highest BCUT2D eigenvalue weighted by atomic mass is 35.5. The zero-order chi connectivity index (χ0) is 30.8. The summed E-state index contributed by atoms with van der Waals surface area (Å²) in [5.74, 6) is -3.87. The molecule has 1 heterocycles. The molecule has 5 rings (SSSR count). The second kappa shape index (κ2) is 11.8. The number of hydrogen-bond donors (Lipinski definition) is 0. The monoisotopic (exact) mass is 617 g/mol. The molecule has 0 saturated heterocycles. The number of hydrazine groups is 1. The first-order valence-corrected chi connectivity index (χ1v) is 13.2. The van der Waals surface area contributed by atoms with Gasteiger partial charge >= 0.3 is 5.97 Å². The number of carbonyl (C=O) groups excluding carboxylic acids is 5. The van der Waals surface area contributed by atoms with Crippen molar-refractivity contribution in [2.24, 2.45) is 0 Å². The molecule has 214 valence electrons. The summed E-state index contributed by atoms with van der Waals surface area (Å²) in [5.41, 5.74) is -0.131. The number of imide groups is 1. The summed E-state index contributed by atoms with van der Waals surface area (Å²) in [4.78, 5) is 76.2. The molecule has 1 aliphatic heterocycles. The third kappa shape index (κ3) is 5.85. The molecule has 0 spiro atoms. The van der Waals surface area contributed by atoms with Crippen LogP contribution in [0.3, 0.4) is 0 Å². The van der Waals surface area contributed by atoms with Gasteiger partial charge in [-0.25, -0.2) is 9.80 Å². The number of halogens is 2. The Bertz CT molecular complexity index is 1790. The number of Topliss-reactive ketones (excluding diaryl/α,β-unsaturated/α-hetero) is 1. The first-order valence-electron chi connectivity index (χ1n) is 12.4. The molecule has 3 amide bonds. The Morgan fingerprint density at radius 1 is 0.814 bits per heavy atom. The summed E-state index contributed by atoms with van der Waals surface area (Å²) in [5, 5.41) is 12.8. The van der Waals surface area contributed by atoms with E-state index >= 15 is 0 Å². The van der Waals surface area contributed by atoms with Crippen LogP contribution in [0.5, 0.6) is 5.75 Å². The number of fused-ring (bicyclic) bond motifs is 1. The summed E-state index contributed by atoms with van der Waals surface area (Å²) in [6.07, 6.45) is 0. The van der Waals surface area contributed by atoms with E-state index in [0.29, 0.717) is 15.0 Å². The van der Waals surface area contributed by atoms with Gasteiger partial charge in [-0.2, -0.15) is 5.01 Å². The van der Waals surface area contributed by atoms with E-state index in [4.69, 9.17) is 27.9 Å². The lowest BCUT2D eigenvalue weighted by Gasteiger charge is -2.29. The summed E-state index contributed by atoms with van der Waals surface area (Å²) < 4.78 is 5.32. The first-order chi connectivity index (χ1) is 20.5. The van der Waals surface area contributed by atoms with E-state index in [9.17, 15) is 34.1 Å². The number of nitro benzene ring substituents is 1. The van der Waals surface area contributed by atoms with E-state index in [0.717, 1.165) is 24.3 Å². The molecule has 43 heavy (non-hydrogen) atoms. The number of esters is 1. The Balaban J connectivity index is 1.39. The van der Waals surface area contributed by atoms with E-state index in [1.165, 1.54) is 54.6 Å². The highest BCUT2D eigenvalue weighted by Crippen LogP contribution is 2.27. The van der Waals surface area contributed by atoms with Crippen molar-refractivity contribution in [2.45, 2.75) is 0 Å². The van der Waals surface area contributed by atoms with Crippen molar-refractivity contribution >= 4 is 58.4 Å². The lowest BCUT2D eigenvalue weighted by Crippen LogP contribution is -2.51. The van der Waals surface area contributed by atoms with Crippen molar-refractivity contribution in [3.05, 3.63) is 139 Å². The van der Waals surface area contributed by atoms with Crippen LogP contribution >= 0.6 is 23.2 Å². The molecule has 0 fully saturated rings. The zero-order valence-corrected chi connectivity index (χ0v) is 23.2. The van der Waals surface area contributed by atoms with Gasteiger partial charge in [0.05, 0.1) is 26.6 Å². The van der Waals surface area contributed by atoms with Crippen LogP contribution in [0, 0.1) is 10.1 Å². The number of benzene rings is 4. The number of carbonyl (C=O) groups is 5. The summed E-state index contributed by atoms with van der Waals surface area (Å²) in [6.45, 7) is -0.735. The van der Waals surface area contributed by atoms with Gasteiger partial charge in [0.1, 0.15) is 12.3 Å². The van der Waals surface area contributed by atoms with Crippen molar-refractivity contribution in [2.75, 3.05) is 6.54 Å². The third-order valence-corrected chi connectivity index (χ3v) is 6.95. The van der Waals surface area contributed by atoms with Crippen molar-refractivity contribution in [3.8, 4) is 5.75 Å². The standard InChI is InChI=1S/C30H17Cl2N3O8/c31-19-9-14-24(25(32)15-19)30(40)43-21-12-7-17(8-13-21)26(36)16-33(27(37)18-5-10-20(11-6-18)35(41)42)34-28(38)22-3-1-2-4-23(22)29(34)39/h1-15H,16H2. The highest BCUT2D eigenvalue weighted by Gasteiger charge is 2.42. The van der Waals surface area contributed by atoms with Gasteiger partial charge < -0.3 is 4.74 Å². The molecule has 0 radical (unpaired) electrons. The van der Waals surface area contributed by atoms with Crippen molar-refractivity contribution in [3.63, 3.8) is 0 Å². The minimum atomic E-state index is -0.914. The molecule has 0 aliphatic carbocycles. The van der Waals surface area contributed by atoms with Crippen LogP contribution in [0.25, 0.3) is 0 Å². The van der Waals surface area contributed by atoms with Gasteiger partial charge in [-0.3, -0.25) is 29.3 Å². The molecular weight excluding hydrogens is 601 g/mol. The van der Waals surface area contributed by atoms with Crippen LogP contribution in [0.2, 0.25) is 10.0 Å². The normalized spacial score (nSPS) is 12.1. The molecule has 4 aromatic carbocycles. The number of ether oxygens (including phenoxy) is 1. The second-order valence-corrected chi connectivity index (χ2v) is 9.94. The molecule has 0 atom stereocenters. The SMILES string of the molecule is O=C(CN(C(=O)c1ccc([N+](=O)[O-])cc1)N1C(=O)c2ccccc2C1=O)c1ccc(OC(=O)c2ccc(Cl)cc2Cl)cc1. The first kappa shape index (κ1) is 29.1. The molecule has 11 nitrogen and oxygen atoms in total. The molecule has 13 heteroatoms. The quantitative estimate of drug-likeness (QED) is 0.0615. The van der Waals surface area contributed by atoms with E-state index in [1.807, 2.05) is 0 Å². The molecule has 0 unspecified atom stereocenters. The van der Waals surface area contributed by atoms with Gasteiger partial charge in [0.2, 0.25) is 0 Å². The molecule has 1 aliphatic rings. The van der Waals surface area contributed by atoms with E-state index < -0.39 is 40.9 Å². The zero-order valence-electron chi connectivity index (χ0n) is 21.7. The van der Waals surface area contributed by atoms with E-state index in [-0.39, 0.29) is 44.3 Å². The maximum absolute atomic E-state index is 13.6. The lowest BCUT2D eigenvalue weighted by molar-refractivity contribution is -0.384. The Kier molecular flexibility index (Phi) is 8.02. The van der Waals surface area contributed by atoms with Gasteiger partial charge in [0, 0.05) is 28.3 Å². The number of nitrogens with zero attached hydrogens (tertiary/aromatic N) is 3. The molecule has 0 aromatic heterocycles. The summed E-state index contributed by atoms with van der Waals surface area (Å²) >= 11 is 11.9. The van der Waals surface area contributed by atoms with Crippen LogP contribution < -0.4 is 4.74 Å². The maximum Gasteiger partial charge on any atom is 0.345 e. The van der Waals surface area contributed by atoms with Gasteiger partial charge in [-0.05, 0) is 66.7 Å². The number of non-ortho nitro benzene ring substituents is 1. The average Bonchev–Trinajstić information content (AvgIpc) is 3.25. The van der Waals surface area contributed by atoms with Crippen LogP contribution in [0.15, 0.2) is 91.0 Å². The van der Waals surface area contributed by atoms with Crippen molar-refractivity contribution in [1.82, 2.24) is 10.0 Å². The number of ketones is 1. The second-order valence-electron chi connectivity index (χ2n) is 9.10. The number of amides is 3. The van der Waals surface area contributed by atoms with Gasteiger partial charge in [-0.15, -0.1) is 0 Å². The molecule has 0 N–H and O–H groups in total. The molecule has 0 bridgehead atoms. The predicted molar refractivity (Wildman–Crippen MR) is 153 cm³/mol. The minimum Gasteiger partial charge on any atom is -0.423 e. The van der Waals surface area contributed by atoms with Gasteiger partial charge in [-0.1, -0.05) is 35.3 Å². The van der Waals surface area contributed by atoms with Crippen molar-refractivity contribution in [1.29, 1.82) is 0 Å². The fourth-order valence-corrected chi connectivity index (χ4v) is 4.74. The van der Waals surface area contributed by atoms with Crippen LogP contribution in [-0.2, 0) is 0 Å². The highest BCUT2D eigenvalue weighted by molar-refractivity contribution is 6.36. The minimum absolute atomic E-state index is 0.0495. The topological polar surface area (TPSA) is 144 Å². The average molecular weight is 618 g/mol. The summed E-state index contributed by atoms with van der Waals surface area (Å²) in [6, 6.07) is 20.1. The number of hydrogen-bond acceptors (Lipinski definition) is 8. The summed E-state index contributed by atoms with van der Waals surface area (Å²) in [7, 11) is 0. The molecular formula is C30H17Cl2N3O8. The van der Waals surface area contributed by atoms with Crippen LogP contribution in [0.4, 0.5) is 5.69 Å². The Morgan fingerprint density at radius 2 is 1.40 bits per heavy atom. The maximum atomic E-state index is 13.6. The van der Waals surface area contributed by atoms with Crippen molar-refractivity contribution < 1.29 is 33.6 Å².